The fourth-order valence-electron chi connectivity index (χ4n) is 4.10. The summed E-state index contributed by atoms with van der Waals surface area (Å²) in [5, 5.41) is 24.5. The van der Waals surface area contributed by atoms with E-state index in [1.165, 1.54) is 4.88 Å². The maximum atomic E-state index is 12.7. The van der Waals surface area contributed by atoms with Crippen molar-refractivity contribution in [3.8, 4) is 0 Å². The van der Waals surface area contributed by atoms with E-state index in [4.69, 9.17) is 0 Å². The van der Waals surface area contributed by atoms with Crippen LogP contribution in [0.15, 0.2) is 48.1 Å². The van der Waals surface area contributed by atoms with Crippen LogP contribution in [0.1, 0.15) is 35.5 Å². The highest BCUT2D eigenvalue weighted by molar-refractivity contribution is 7.09. The Balaban J connectivity index is 1.30. The molecule has 1 aliphatic rings. The summed E-state index contributed by atoms with van der Waals surface area (Å²) in [5.41, 5.74) is 4.62. The molecule has 4 heterocycles. The van der Waals surface area contributed by atoms with Gasteiger partial charge in [-0.25, -0.2) is 14.8 Å². The molecule has 170 valence electrons. The van der Waals surface area contributed by atoms with Crippen molar-refractivity contribution in [2.45, 2.75) is 38.5 Å². The van der Waals surface area contributed by atoms with Gasteiger partial charge in [0.15, 0.2) is 5.82 Å². The molecule has 3 aromatic heterocycles. The Bertz CT molecular complexity index is 1260. The Morgan fingerprint density at radius 3 is 2.97 bits per heavy atom. The molecule has 0 saturated heterocycles. The second-order valence-corrected chi connectivity index (χ2v) is 8.96. The fraction of sp³-hybridized carbons (Fsp3) is 0.304. The molecule has 2 amide bonds. The first kappa shape index (κ1) is 21.4. The van der Waals surface area contributed by atoms with Crippen molar-refractivity contribution in [3.05, 3.63) is 64.2 Å². The Hall–Kier alpha value is -3.50. The van der Waals surface area contributed by atoms with Crippen LogP contribution in [0, 0.1) is 0 Å². The highest BCUT2D eigenvalue weighted by Crippen LogP contribution is 2.30. The number of urea groups is 1. The summed E-state index contributed by atoms with van der Waals surface area (Å²) in [6.07, 6.45) is 2.48. The van der Waals surface area contributed by atoms with Gasteiger partial charge in [0.05, 0.1) is 40.8 Å². The monoisotopic (exact) mass is 463 g/mol. The Morgan fingerprint density at radius 1 is 1.30 bits per heavy atom. The fourth-order valence-corrected chi connectivity index (χ4v) is 4.87. The molecule has 9 nitrogen and oxygen atoms in total. The van der Waals surface area contributed by atoms with Crippen LogP contribution in [-0.4, -0.2) is 44.0 Å². The van der Waals surface area contributed by atoms with E-state index in [0.717, 1.165) is 47.5 Å². The number of pyridine rings is 1. The summed E-state index contributed by atoms with van der Waals surface area (Å²) in [7, 11) is 0. The van der Waals surface area contributed by atoms with Gasteiger partial charge < -0.3 is 15.3 Å². The molecule has 4 N–H and O–H groups in total. The minimum atomic E-state index is -0.702. The summed E-state index contributed by atoms with van der Waals surface area (Å²) in [5.74, 6) is 1.23. The number of hydrogen-bond acceptors (Lipinski definition) is 7. The lowest BCUT2D eigenvalue weighted by Gasteiger charge is -2.26. The van der Waals surface area contributed by atoms with Gasteiger partial charge in [0.25, 0.3) is 0 Å². The molecule has 0 saturated carbocycles. The van der Waals surface area contributed by atoms with Gasteiger partial charge in [0.1, 0.15) is 5.82 Å². The Morgan fingerprint density at radius 2 is 2.15 bits per heavy atom. The van der Waals surface area contributed by atoms with Crippen LogP contribution in [0.25, 0.3) is 10.9 Å². The number of anilines is 2. The van der Waals surface area contributed by atoms with Crippen molar-refractivity contribution in [3.63, 3.8) is 0 Å². The minimum absolute atomic E-state index is 0.397. The van der Waals surface area contributed by atoms with E-state index in [9.17, 15) is 9.90 Å². The molecule has 2 atom stereocenters. The normalized spacial score (nSPS) is 15.2. The smallest absolute Gasteiger partial charge is 0.320 e. The van der Waals surface area contributed by atoms with Crippen LogP contribution in [0.3, 0.4) is 0 Å². The van der Waals surface area contributed by atoms with Gasteiger partial charge in [-0.2, -0.15) is 5.10 Å². The zero-order valence-electron chi connectivity index (χ0n) is 18.2. The number of aliphatic hydroxyl groups excluding tert-OH is 1. The van der Waals surface area contributed by atoms with Gasteiger partial charge >= 0.3 is 6.03 Å². The van der Waals surface area contributed by atoms with Crippen molar-refractivity contribution < 1.29 is 9.90 Å². The van der Waals surface area contributed by atoms with Crippen molar-refractivity contribution >= 4 is 39.9 Å². The molecule has 2 unspecified atom stereocenters. The topological polar surface area (TPSA) is 119 Å². The first-order valence-corrected chi connectivity index (χ1v) is 11.8. The molecular weight excluding hydrogens is 438 g/mol. The molecule has 5 rings (SSSR count). The van der Waals surface area contributed by atoms with Crippen LogP contribution in [0.4, 0.5) is 16.4 Å². The van der Waals surface area contributed by atoms with Crippen molar-refractivity contribution in [2.24, 2.45) is 0 Å². The number of aliphatic hydroxyl groups is 1. The average Bonchev–Trinajstić information content (AvgIpc) is 3.48. The van der Waals surface area contributed by atoms with Crippen LogP contribution >= 0.6 is 11.3 Å². The maximum absolute atomic E-state index is 12.7. The van der Waals surface area contributed by atoms with E-state index in [-0.39, 0.29) is 0 Å². The van der Waals surface area contributed by atoms with E-state index in [1.807, 2.05) is 42.8 Å². The molecule has 1 aliphatic heterocycles. The number of aromatic nitrogens is 4. The van der Waals surface area contributed by atoms with E-state index in [0.29, 0.717) is 12.2 Å². The second kappa shape index (κ2) is 9.16. The lowest BCUT2D eigenvalue weighted by Crippen LogP contribution is -2.38. The second-order valence-electron chi connectivity index (χ2n) is 8.02. The third kappa shape index (κ3) is 4.39. The Labute approximate surface area is 194 Å². The van der Waals surface area contributed by atoms with Crippen molar-refractivity contribution in [1.29, 1.82) is 0 Å². The maximum Gasteiger partial charge on any atom is 0.320 e. The van der Waals surface area contributed by atoms with E-state index in [2.05, 4.69) is 35.7 Å². The minimum Gasteiger partial charge on any atom is -0.391 e. The average molecular weight is 464 g/mol. The quantitative estimate of drug-likeness (QED) is 0.347. The van der Waals surface area contributed by atoms with Crippen molar-refractivity contribution in [2.75, 3.05) is 16.8 Å². The zero-order valence-corrected chi connectivity index (χ0v) is 19.0. The lowest BCUT2D eigenvalue weighted by molar-refractivity contribution is 0.127. The molecule has 0 fully saturated rings. The van der Waals surface area contributed by atoms with Gasteiger partial charge in [-0.1, -0.05) is 37.3 Å². The molecule has 0 spiro atoms. The van der Waals surface area contributed by atoms with Gasteiger partial charge in [0.2, 0.25) is 0 Å². The largest absolute Gasteiger partial charge is 0.391 e. The molecule has 0 radical (unpaired) electrons. The van der Waals surface area contributed by atoms with E-state index < -0.39 is 18.2 Å². The number of carbonyl (C=O) groups excluding carboxylic acids is 1. The van der Waals surface area contributed by atoms with E-state index >= 15 is 0 Å². The zero-order chi connectivity index (χ0) is 22.8. The number of nitrogens with one attached hydrogen (secondary N) is 3. The standard InChI is InChI=1S/C23H25N7O2S/c1-2-18(31)21(14-6-4-3-5-7-14)27-23(32)26-20-10-16-15(11-24-20)22(29-28-16)30-9-8-19-17(12-30)25-13-33-19/h3-7,10-11,13,18,21,31H,2,8-9,12H2,1H3,(H,28,29)(H2,24,26,27,32). The molecule has 0 bridgehead atoms. The third-order valence-electron chi connectivity index (χ3n) is 5.89. The number of fused-ring (bicyclic) bond motifs is 2. The summed E-state index contributed by atoms with van der Waals surface area (Å²) in [6, 6.07) is 10.2. The molecule has 33 heavy (non-hydrogen) atoms. The number of thiazole rings is 1. The summed E-state index contributed by atoms with van der Waals surface area (Å²) in [4.78, 5) is 25.1. The van der Waals surface area contributed by atoms with Crippen LogP contribution in [0.2, 0.25) is 0 Å². The highest BCUT2D eigenvalue weighted by Gasteiger charge is 2.24. The molecule has 4 aromatic rings. The number of benzene rings is 1. The number of hydrogen-bond donors (Lipinski definition) is 4. The summed E-state index contributed by atoms with van der Waals surface area (Å²) in [6.45, 7) is 3.48. The van der Waals surface area contributed by atoms with Gasteiger partial charge in [-0.3, -0.25) is 10.4 Å². The summed E-state index contributed by atoms with van der Waals surface area (Å²) >= 11 is 1.70. The van der Waals surface area contributed by atoms with Gasteiger partial charge in [-0.15, -0.1) is 11.3 Å². The SMILES string of the molecule is CCC(O)C(NC(=O)Nc1cc2[nH]nc(N3CCc4scnc4C3)c2cn1)c1ccccc1. The van der Waals surface area contributed by atoms with Gasteiger partial charge in [-0.05, 0) is 12.0 Å². The molecule has 0 aliphatic carbocycles. The number of aromatic amines is 1. The van der Waals surface area contributed by atoms with Gasteiger partial charge in [0, 0.05) is 30.1 Å². The molecule has 10 heteroatoms. The molecule has 1 aromatic carbocycles. The summed E-state index contributed by atoms with van der Waals surface area (Å²) < 4.78 is 0. The Kier molecular flexibility index (Phi) is 5.93. The first-order valence-electron chi connectivity index (χ1n) is 10.9. The predicted octanol–water partition coefficient (Wildman–Crippen LogP) is 3.61. The predicted molar refractivity (Wildman–Crippen MR) is 128 cm³/mol. The number of amides is 2. The highest BCUT2D eigenvalue weighted by atomic mass is 32.1. The number of nitrogens with zero attached hydrogens (tertiary/aromatic N) is 4. The third-order valence-corrected chi connectivity index (χ3v) is 6.83. The van der Waals surface area contributed by atoms with Crippen LogP contribution in [-0.2, 0) is 13.0 Å². The first-order chi connectivity index (χ1) is 16.1. The number of carbonyl (C=O) groups is 1. The van der Waals surface area contributed by atoms with Crippen LogP contribution in [0.5, 0.6) is 0 Å². The van der Waals surface area contributed by atoms with E-state index in [1.54, 1.807) is 23.6 Å². The van der Waals surface area contributed by atoms with Crippen molar-refractivity contribution in [1.82, 2.24) is 25.5 Å². The molecular formula is C23H25N7O2S. The number of H-pyrrole nitrogens is 1. The van der Waals surface area contributed by atoms with Crippen LogP contribution < -0.4 is 15.5 Å². The number of rotatable bonds is 6. The lowest BCUT2D eigenvalue weighted by atomic mass is 10.00.